The van der Waals surface area contributed by atoms with E-state index in [-0.39, 0.29) is 24.9 Å². The van der Waals surface area contributed by atoms with E-state index in [1.807, 2.05) is 0 Å². The number of aromatic amines is 1. The fourth-order valence-corrected chi connectivity index (χ4v) is 2.20. The lowest BCUT2D eigenvalue weighted by molar-refractivity contribution is 0.0652. The van der Waals surface area contributed by atoms with Crippen molar-refractivity contribution < 1.29 is 15.0 Å². The van der Waals surface area contributed by atoms with Gasteiger partial charge < -0.3 is 15.1 Å². The van der Waals surface area contributed by atoms with E-state index in [4.69, 9.17) is 5.11 Å². The van der Waals surface area contributed by atoms with Crippen molar-refractivity contribution in [3.63, 3.8) is 0 Å². The third kappa shape index (κ3) is 3.72. The number of hydrogen-bond donors (Lipinski definition) is 3. The first-order valence-corrected chi connectivity index (χ1v) is 6.36. The lowest BCUT2D eigenvalue weighted by Crippen LogP contribution is -2.38. The summed E-state index contributed by atoms with van der Waals surface area (Å²) in [6.07, 6.45) is 1.37. The molecular weight excluding hydrogens is 250 g/mol. The lowest BCUT2D eigenvalue weighted by atomic mass is 10.3. The molecule has 1 aromatic heterocycles. The topological polar surface area (TPSA) is 106 Å². The minimum absolute atomic E-state index is 0.132. The number of aliphatic hydroxyl groups excluding tert-OH is 2. The zero-order valence-corrected chi connectivity index (χ0v) is 10.7. The molecule has 1 saturated heterocycles. The number of carbonyl (C=O) groups excluding carboxylic acids is 1. The van der Waals surface area contributed by atoms with E-state index in [0.717, 1.165) is 6.54 Å². The Balaban J connectivity index is 1.95. The van der Waals surface area contributed by atoms with E-state index >= 15 is 0 Å². The van der Waals surface area contributed by atoms with Crippen LogP contribution in [0.1, 0.15) is 17.0 Å². The number of carbonyl (C=O) groups is 1. The van der Waals surface area contributed by atoms with Crippen molar-refractivity contribution in [1.82, 2.24) is 25.0 Å². The number of hydrogen-bond acceptors (Lipinski definition) is 6. The van der Waals surface area contributed by atoms with Crippen molar-refractivity contribution in [1.29, 1.82) is 0 Å². The van der Waals surface area contributed by atoms with Gasteiger partial charge in [-0.15, -0.1) is 0 Å². The third-order valence-electron chi connectivity index (χ3n) is 3.12. The third-order valence-corrected chi connectivity index (χ3v) is 3.12. The Hall–Kier alpha value is -1.51. The molecule has 2 heterocycles. The molecule has 1 amide bonds. The maximum atomic E-state index is 12.1. The highest BCUT2D eigenvalue weighted by Crippen LogP contribution is 2.07. The molecule has 1 atom stereocenters. The SMILES string of the molecule is O=C(c1ncn[nH]1)N1CCN(CCCO)C[C@@H](O)C1. The Kier molecular flexibility index (Phi) is 4.83. The van der Waals surface area contributed by atoms with Crippen LogP contribution in [0.4, 0.5) is 0 Å². The second kappa shape index (κ2) is 6.60. The number of amides is 1. The van der Waals surface area contributed by atoms with Crippen molar-refractivity contribution in [3.8, 4) is 0 Å². The molecule has 0 aliphatic carbocycles. The molecule has 8 heteroatoms. The van der Waals surface area contributed by atoms with Crippen molar-refractivity contribution >= 4 is 5.91 Å². The highest BCUT2D eigenvalue weighted by Gasteiger charge is 2.26. The van der Waals surface area contributed by atoms with Gasteiger partial charge in [-0.1, -0.05) is 0 Å². The molecule has 1 fully saturated rings. The summed E-state index contributed by atoms with van der Waals surface area (Å²) in [6.45, 7) is 2.86. The number of H-pyrrole nitrogens is 1. The number of aromatic nitrogens is 3. The first-order chi connectivity index (χ1) is 9.20. The van der Waals surface area contributed by atoms with Crippen LogP contribution in [-0.2, 0) is 0 Å². The van der Waals surface area contributed by atoms with Gasteiger partial charge in [0.1, 0.15) is 6.33 Å². The van der Waals surface area contributed by atoms with Gasteiger partial charge in [-0.2, -0.15) is 5.10 Å². The fourth-order valence-electron chi connectivity index (χ4n) is 2.20. The molecule has 2 rings (SSSR count). The summed E-state index contributed by atoms with van der Waals surface area (Å²) in [5, 5.41) is 24.9. The van der Waals surface area contributed by atoms with Crippen molar-refractivity contribution in [3.05, 3.63) is 12.2 Å². The summed E-state index contributed by atoms with van der Waals surface area (Å²) < 4.78 is 0. The van der Waals surface area contributed by atoms with E-state index in [1.54, 1.807) is 4.90 Å². The zero-order valence-electron chi connectivity index (χ0n) is 10.7. The van der Waals surface area contributed by atoms with Gasteiger partial charge in [0.15, 0.2) is 0 Å². The average molecular weight is 269 g/mol. The monoisotopic (exact) mass is 269 g/mol. The van der Waals surface area contributed by atoms with Gasteiger partial charge in [0, 0.05) is 39.3 Å². The van der Waals surface area contributed by atoms with Gasteiger partial charge in [0.25, 0.3) is 5.91 Å². The van der Waals surface area contributed by atoms with Gasteiger partial charge in [-0.3, -0.25) is 14.8 Å². The number of β-amino-alcohol motifs (C(OH)–C–C–N with tert-alkyl or cyclic N) is 1. The van der Waals surface area contributed by atoms with Crippen molar-refractivity contribution in [2.24, 2.45) is 0 Å². The molecule has 0 aromatic carbocycles. The Morgan fingerprint density at radius 2 is 2.32 bits per heavy atom. The highest BCUT2D eigenvalue weighted by atomic mass is 16.3. The van der Waals surface area contributed by atoms with Gasteiger partial charge in [0.2, 0.25) is 5.82 Å². The van der Waals surface area contributed by atoms with Crippen LogP contribution in [0, 0.1) is 0 Å². The largest absolute Gasteiger partial charge is 0.396 e. The van der Waals surface area contributed by atoms with Crippen LogP contribution in [0.3, 0.4) is 0 Å². The predicted octanol–water partition coefficient (Wildman–Crippen LogP) is -1.69. The molecule has 8 nitrogen and oxygen atoms in total. The van der Waals surface area contributed by atoms with Crippen LogP contribution in [0.5, 0.6) is 0 Å². The Morgan fingerprint density at radius 1 is 1.47 bits per heavy atom. The van der Waals surface area contributed by atoms with E-state index < -0.39 is 6.10 Å². The van der Waals surface area contributed by atoms with Crippen LogP contribution in [-0.4, -0.2) is 86.5 Å². The molecule has 1 aliphatic rings. The quantitative estimate of drug-likeness (QED) is 0.602. The zero-order chi connectivity index (χ0) is 13.7. The van der Waals surface area contributed by atoms with Crippen LogP contribution in [0.25, 0.3) is 0 Å². The van der Waals surface area contributed by atoms with Crippen LogP contribution in [0.15, 0.2) is 6.33 Å². The molecular formula is C11H19N5O3. The van der Waals surface area contributed by atoms with E-state index in [9.17, 15) is 9.90 Å². The minimum atomic E-state index is -0.590. The van der Waals surface area contributed by atoms with Gasteiger partial charge in [-0.25, -0.2) is 4.98 Å². The van der Waals surface area contributed by atoms with Crippen LogP contribution in [0.2, 0.25) is 0 Å². The van der Waals surface area contributed by atoms with Crippen LogP contribution >= 0.6 is 0 Å². The molecule has 1 aliphatic heterocycles. The fraction of sp³-hybridized carbons (Fsp3) is 0.727. The lowest BCUT2D eigenvalue weighted by Gasteiger charge is -2.20. The summed E-state index contributed by atoms with van der Waals surface area (Å²) in [6, 6.07) is 0. The van der Waals surface area contributed by atoms with Crippen molar-refractivity contribution in [2.75, 3.05) is 39.3 Å². The second-order valence-corrected chi connectivity index (χ2v) is 4.62. The first-order valence-electron chi connectivity index (χ1n) is 6.36. The van der Waals surface area contributed by atoms with E-state index in [0.29, 0.717) is 26.1 Å². The molecule has 0 bridgehead atoms. The minimum Gasteiger partial charge on any atom is -0.396 e. The molecule has 0 unspecified atom stereocenters. The summed E-state index contributed by atoms with van der Waals surface area (Å²) in [5.74, 6) is -0.0587. The second-order valence-electron chi connectivity index (χ2n) is 4.62. The maximum absolute atomic E-state index is 12.1. The summed E-state index contributed by atoms with van der Waals surface area (Å²) >= 11 is 0. The summed E-state index contributed by atoms with van der Waals surface area (Å²) in [4.78, 5) is 19.6. The molecule has 106 valence electrons. The van der Waals surface area contributed by atoms with E-state index in [2.05, 4.69) is 20.1 Å². The van der Waals surface area contributed by atoms with E-state index in [1.165, 1.54) is 6.33 Å². The number of nitrogens with zero attached hydrogens (tertiary/aromatic N) is 4. The Bertz CT molecular complexity index is 397. The maximum Gasteiger partial charge on any atom is 0.291 e. The highest BCUT2D eigenvalue weighted by molar-refractivity contribution is 5.90. The van der Waals surface area contributed by atoms with Gasteiger partial charge in [-0.05, 0) is 6.42 Å². The molecule has 1 aromatic rings. The predicted molar refractivity (Wildman–Crippen MR) is 66.4 cm³/mol. The van der Waals surface area contributed by atoms with Gasteiger partial charge >= 0.3 is 0 Å². The standard InChI is InChI=1S/C11H19N5O3/c17-5-1-2-15-3-4-16(7-9(18)6-15)11(19)10-12-8-13-14-10/h8-9,17-18H,1-7H2,(H,12,13,14)/t9-/m1/s1. The molecule has 3 N–H and O–H groups in total. The summed E-state index contributed by atoms with van der Waals surface area (Å²) in [5.41, 5.74) is 0. The number of rotatable bonds is 4. The van der Waals surface area contributed by atoms with Crippen molar-refractivity contribution in [2.45, 2.75) is 12.5 Å². The summed E-state index contributed by atoms with van der Waals surface area (Å²) in [7, 11) is 0. The Labute approximate surface area is 111 Å². The normalized spacial score (nSPS) is 21.4. The molecule has 0 saturated carbocycles. The Morgan fingerprint density at radius 3 is 3.00 bits per heavy atom. The molecule has 19 heavy (non-hydrogen) atoms. The van der Waals surface area contributed by atoms with Crippen LogP contribution < -0.4 is 0 Å². The smallest absolute Gasteiger partial charge is 0.291 e. The first kappa shape index (κ1) is 13.9. The number of nitrogens with one attached hydrogen (secondary N) is 1. The average Bonchev–Trinajstić information content (AvgIpc) is 2.86. The molecule has 0 radical (unpaired) electrons. The molecule has 0 spiro atoms. The number of aliphatic hydroxyl groups is 2. The van der Waals surface area contributed by atoms with Gasteiger partial charge in [0.05, 0.1) is 6.10 Å².